The van der Waals surface area contributed by atoms with E-state index in [-0.39, 0.29) is 22.8 Å². The molecule has 0 fully saturated rings. The van der Waals surface area contributed by atoms with Gasteiger partial charge in [-0.25, -0.2) is 0 Å². The zero-order valence-electron chi connectivity index (χ0n) is 7.73. The first-order valence-electron chi connectivity index (χ1n) is 4.27. The van der Waals surface area contributed by atoms with Gasteiger partial charge in [-0.1, -0.05) is 15.9 Å². The highest BCUT2D eigenvalue weighted by atomic mass is 79.9. The van der Waals surface area contributed by atoms with Crippen LogP contribution in [0.4, 0.5) is 13.2 Å². The molecule has 1 heterocycles. The van der Waals surface area contributed by atoms with Crippen molar-refractivity contribution in [1.82, 2.24) is 4.98 Å². The number of carbonyl (C=O) groups is 1. The molecule has 0 saturated carbocycles. The van der Waals surface area contributed by atoms with Crippen LogP contribution in [-0.4, -0.2) is 11.3 Å². The van der Waals surface area contributed by atoms with E-state index in [1.165, 1.54) is 12.1 Å². The van der Waals surface area contributed by atoms with E-state index in [2.05, 4.69) is 20.9 Å². The van der Waals surface area contributed by atoms with Crippen molar-refractivity contribution >= 4 is 33.1 Å². The van der Waals surface area contributed by atoms with Gasteiger partial charge in [0.1, 0.15) is 5.69 Å². The van der Waals surface area contributed by atoms with Gasteiger partial charge < -0.3 is 4.98 Å². The Morgan fingerprint density at radius 2 is 2.00 bits per heavy atom. The van der Waals surface area contributed by atoms with Crippen LogP contribution in [0.1, 0.15) is 16.1 Å². The summed E-state index contributed by atoms with van der Waals surface area (Å²) in [5, 5.41) is 0.261. The second kappa shape index (κ2) is 3.62. The van der Waals surface area contributed by atoms with E-state index < -0.39 is 11.9 Å². The molecule has 0 spiro atoms. The van der Waals surface area contributed by atoms with Crippen molar-refractivity contribution in [2.75, 3.05) is 0 Å². The average molecular weight is 292 g/mol. The highest BCUT2D eigenvalue weighted by Crippen LogP contribution is 2.35. The van der Waals surface area contributed by atoms with E-state index in [4.69, 9.17) is 0 Å². The predicted molar refractivity (Wildman–Crippen MR) is 56.4 cm³/mol. The van der Waals surface area contributed by atoms with Gasteiger partial charge in [0.15, 0.2) is 6.29 Å². The molecule has 0 amide bonds. The SMILES string of the molecule is O=Cc1c(C(F)(F)F)[nH]c2ccc(Br)cc12. The molecule has 0 aliphatic carbocycles. The van der Waals surface area contributed by atoms with Gasteiger partial charge in [0.25, 0.3) is 0 Å². The van der Waals surface area contributed by atoms with E-state index in [0.717, 1.165) is 0 Å². The second-order valence-electron chi connectivity index (χ2n) is 3.22. The summed E-state index contributed by atoms with van der Waals surface area (Å²) < 4.78 is 38.3. The first-order valence-corrected chi connectivity index (χ1v) is 5.06. The van der Waals surface area contributed by atoms with E-state index in [9.17, 15) is 18.0 Å². The van der Waals surface area contributed by atoms with Crippen LogP contribution in [0, 0.1) is 0 Å². The molecule has 0 atom stereocenters. The summed E-state index contributed by atoms with van der Waals surface area (Å²) in [4.78, 5) is 12.9. The Morgan fingerprint density at radius 1 is 1.31 bits per heavy atom. The van der Waals surface area contributed by atoms with Gasteiger partial charge >= 0.3 is 6.18 Å². The summed E-state index contributed by atoms with van der Waals surface area (Å²) in [5.41, 5.74) is -1.07. The van der Waals surface area contributed by atoms with Crippen molar-refractivity contribution in [3.05, 3.63) is 33.9 Å². The summed E-state index contributed by atoms with van der Waals surface area (Å²) >= 11 is 3.14. The van der Waals surface area contributed by atoms with Crippen molar-refractivity contribution in [3.8, 4) is 0 Å². The number of aromatic nitrogens is 1. The second-order valence-corrected chi connectivity index (χ2v) is 4.13. The number of hydrogen-bond donors (Lipinski definition) is 1. The van der Waals surface area contributed by atoms with Crippen LogP contribution < -0.4 is 0 Å². The Kier molecular flexibility index (Phi) is 2.53. The minimum atomic E-state index is -4.55. The van der Waals surface area contributed by atoms with Gasteiger partial charge in [-0.2, -0.15) is 13.2 Å². The summed E-state index contributed by atoms with van der Waals surface area (Å²) in [6, 6.07) is 4.57. The third kappa shape index (κ3) is 1.73. The third-order valence-electron chi connectivity index (χ3n) is 2.20. The average Bonchev–Trinajstić information content (AvgIpc) is 2.54. The maximum atomic E-state index is 12.6. The molecule has 6 heteroatoms. The molecule has 84 valence electrons. The van der Waals surface area contributed by atoms with Gasteiger partial charge in [-0.15, -0.1) is 0 Å². The summed E-state index contributed by atoms with van der Waals surface area (Å²) in [5.74, 6) is 0. The Morgan fingerprint density at radius 3 is 2.56 bits per heavy atom. The van der Waals surface area contributed by atoms with Gasteiger partial charge in [-0.05, 0) is 18.2 Å². The lowest BCUT2D eigenvalue weighted by Gasteiger charge is -2.03. The standard InChI is InChI=1S/C10H5BrF3NO/c11-5-1-2-8-6(3-5)7(4-16)9(15-8)10(12,13)14/h1-4,15H. The Hall–Kier alpha value is -1.30. The predicted octanol–water partition coefficient (Wildman–Crippen LogP) is 3.76. The molecular formula is C10H5BrF3NO. The van der Waals surface area contributed by atoms with Crippen LogP contribution in [0.2, 0.25) is 0 Å². The lowest BCUT2D eigenvalue weighted by molar-refractivity contribution is -0.140. The number of halogens is 4. The van der Waals surface area contributed by atoms with Crippen molar-refractivity contribution < 1.29 is 18.0 Å². The molecule has 0 saturated heterocycles. The van der Waals surface area contributed by atoms with Gasteiger partial charge in [0, 0.05) is 15.4 Å². The van der Waals surface area contributed by atoms with Crippen molar-refractivity contribution in [2.45, 2.75) is 6.18 Å². The first-order chi connectivity index (χ1) is 7.43. The molecule has 0 bridgehead atoms. The number of alkyl halides is 3. The molecule has 16 heavy (non-hydrogen) atoms. The fourth-order valence-corrected chi connectivity index (χ4v) is 1.89. The van der Waals surface area contributed by atoms with Gasteiger partial charge in [-0.3, -0.25) is 4.79 Å². The molecule has 0 radical (unpaired) electrons. The largest absolute Gasteiger partial charge is 0.431 e. The number of aldehydes is 1. The van der Waals surface area contributed by atoms with Crippen LogP contribution >= 0.6 is 15.9 Å². The maximum absolute atomic E-state index is 12.6. The Balaban J connectivity index is 2.82. The number of hydrogen-bond acceptors (Lipinski definition) is 1. The van der Waals surface area contributed by atoms with E-state index in [1.807, 2.05) is 0 Å². The topological polar surface area (TPSA) is 32.9 Å². The van der Waals surface area contributed by atoms with Crippen molar-refractivity contribution in [3.63, 3.8) is 0 Å². The third-order valence-corrected chi connectivity index (χ3v) is 2.70. The zero-order chi connectivity index (χ0) is 11.9. The van der Waals surface area contributed by atoms with Crippen LogP contribution in [0.3, 0.4) is 0 Å². The minimum Gasteiger partial charge on any atom is -0.350 e. The van der Waals surface area contributed by atoms with E-state index in [0.29, 0.717) is 4.47 Å². The molecule has 1 N–H and O–H groups in total. The summed E-state index contributed by atoms with van der Waals surface area (Å²) in [6.45, 7) is 0. The monoisotopic (exact) mass is 291 g/mol. The first kappa shape index (κ1) is 11.2. The van der Waals surface area contributed by atoms with Crippen molar-refractivity contribution in [2.24, 2.45) is 0 Å². The van der Waals surface area contributed by atoms with Crippen LogP contribution in [0.5, 0.6) is 0 Å². The number of benzene rings is 1. The molecule has 2 aromatic rings. The number of fused-ring (bicyclic) bond motifs is 1. The molecular weight excluding hydrogens is 287 g/mol. The number of rotatable bonds is 1. The molecule has 0 unspecified atom stereocenters. The van der Waals surface area contributed by atoms with Crippen LogP contribution in [-0.2, 0) is 6.18 Å². The van der Waals surface area contributed by atoms with E-state index >= 15 is 0 Å². The lowest BCUT2D eigenvalue weighted by Crippen LogP contribution is -2.08. The summed E-state index contributed by atoms with van der Waals surface area (Å²) in [6.07, 6.45) is -4.34. The number of nitrogens with one attached hydrogen (secondary N) is 1. The number of carbonyl (C=O) groups excluding carboxylic acids is 1. The normalized spacial score (nSPS) is 12.0. The lowest BCUT2D eigenvalue weighted by atomic mass is 10.1. The molecule has 0 aliphatic rings. The molecule has 0 aliphatic heterocycles. The fraction of sp³-hybridized carbons (Fsp3) is 0.100. The van der Waals surface area contributed by atoms with E-state index in [1.54, 1.807) is 6.07 Å². The fourth-order valence-electron chi connectivity index (χ4n) is 1.53. The maximum Gasteiger partial charge on any atom is 0.431 e. The smallest absolute Gasteiger partial charge is 0.350 e. The molecule has 2 rings (SSSR count). The highest BCUT2D eigenvalue weighted by Gasteiger charge is 2.36. The molecule has 1 aromatic heterocycles. The molecule has 1 aromatic carbocycles. The quantitative estimate of drug-likeness (QED) is 0.797. The van der Waals surface area contributed by atoms with Gasteiger partial charge in [0.05, 0.1) is 5.56 Å². The Bertz CT molecular complexity index is 559. The van der Waals surface area contributed by atoms with Crippen LogP contribution in [0.25, 0.3) is 10.9 Å². The Labute approximate surface area is 96.6 Å². The number of H-pyrrole nitrogens is 1. The molecule has 2 nitrogen and oxygen atoms in total. The highest BCUT2D eigenvalue weighted by molar-refractivity contribution is 9.10. The number of aromatic amines is 1. The minimum absolute atomic E-state index is 0.216. The van der Waals surface area contributed by atoms with Crippen molar-refractivity contribution in [1.29, 1.82) is 0 Å². The van der Waals surface area contributed by atoms with Gasteiger partial charge in [0.2, 0.25) is 0 Å². The zero-order valence-corrected chi connectivity index (χ0v) is 9.32. The van der Waals surface area contributed by atoms with Crippen LogP contribution in [0.15, 0.2) is 22.7 Å². The summed E-state index contributed by atoms with van der Waals surface area (Å²) in [7, 11) is 0.